The van der Waals surface area contributed by atoms with Crippen LogP contribution in [-0.4, -0.2) is 34.1 Å². The van der Waals surface area contributed by atoms with Gasteiger partial charge in [-0.1, -0.05) is 42.0 Å². The summed E-state index contributed by atoms with van der Waals surface area (Å²) in [6.45, 7) is 1.38. The van der Waals surface area contributed by atoms with E-state index < -0.39 is 5.60 Å². The van der Waals surface area contributed by atoms with Crippen LogP contribution in [0.1, 0.15) is 36.3 Å². The van der Waals surface area contributed by atoms with Crippen LogP contribution in [0.25, 0.3) is 0 Å². The lowest BCUT2D eigenvalue weighted by atomic mass is 9.82. The number of likely N-dealkylation sites (tertiary alicyclic amines) is 1. The number of allylic oxidation sites excluding steroid dienone is 2. The molecule has 1 aliphatic carbocycles. The van der Waals surface area contributed by atoms with E-state index in [1.165, 1.54) is 12.1 Å². The second kappa shape index (κ2) is 7.84. The monoisotopic (exact) mass is 393 g/mol. The van der Waals surface area contributed by atoms with Crippen LogP contribution in [0.3, 0.4) is 0 Å². The van der Waals surface area contributed by atoms with E-state index in [0.29, 0.717) is 25.1 Å². The number of hydrogen-bond acceptors (Lipinski definition) is 3. The lowest BCUT2D eigenvalue weighted by Crippen LogP contribution is -2.50. The quantitative estimate of drug-likeness (QED) is 0.729. The molecule has 2 unspecified atom stereocenters. The number of amides is 1. The molecule has 0 radical (unpaired) electrons. The Kier molecular flexibility index (Phi) is 5.24. The van der Waals surface area contributed by atoms with Crippen LogP contribution in [-0.2, 0) is 10.4 Å². The fourth-order valence-corrected chi connectivity index (χ4v) is 4.07. The number of nitrogens with zero attached hydrogens (tertiary/aromatic N) is 1. The van der Waals surface area contributed by atoms with Gasteiger partial charge in [0.05, 0.1) is 5.92 Å². The van der Waals surface area contributed by atoms with E-state index in [0.717, 1.165) is 24.0 Å². The van der Waals surface area contributed by atoms with Crippen molar-refractivity contribution in [3.05, 3.63) is 89.3 Å². The first-order valence-corrected chi connectivity index (χ1v) is 9.88. The Bertz CT molecular complexity index is 949. The van der Waals surface area contributed by atoms with Crippen molar-refractivity contribution in [1.82, 2.24) is 4.90 Å². The van der Waals surface area contributed by atoms with Crippen LogP contribution in [0.5, 0.6) is 5.75 Å². The predicted octanol–water partition coefficient (Wildman–Crippen LogP) is 4.01. The second-order valence-electron chi connectivity index (χ2n) is 7.82. The van der Waals surface area contributed by atoms with Crippen molar-refractivity contribution in [2.24, 2.45) is 0 Å². The minimum Gasteiger partial charge on any atom is -0.508 e. The van der Waals surface area contributed by atoms with Gasteiger partial charge in [-0.25, -0.2) is 4.39 Å². The molecule has 2 atom stereocenters. The van der Waals surface area contributed by atoms with E-state index in [4.69, 9.17) is 0 Å². The Morgan fingerprint density at radius 3 is 2.52 bits per heavy atom. The number of aromatic hydroxyl groups is 1. The molecule has 1 saturated heterocycles. The summed E-state index contributed by atoms with van der Waals surface area (Å²) in [6.07, 6.45) is 7.69. The van der Waals surface area contributed by atoms with Crippen LogP contribution in [0.4, 0.5) is 4.39 Å². The predicted molar refractivity (Wildman–Crippen MR) is 109 cm³/mol. The van der Waals surface area contributed by atoms with Crippen LogP contribution >= 0.6 is 0 Å². The zero-order chi connectivity index (χ0) is 20.4. The normalized spacial score (nSPS) is 23.7. The van der Waals surface area contributed by atoms with E-state index in [-0.39, 0.29) is 23.4 Å². The molecule has 2 aromatic rings. The first kappa shape index (κ1) is 19.4. The molecular formula is C24H24FNO3. The van der Waals surface area contributed by atoms with Crippen LogP contribution in [0.15, 0.2) is 72.3 Å². The van der Waals surface area contributed by atoms with Gasteiger partial charge in [-0.05, 0) is 54.3 Å². The summed E-state index contributed by atoms with van der Waals surface area (Å²) in [4.78, 5) is 14.3. The highest BCUT2D eigenvalue weighted by molar-refractivity contribution is 5.89. The van der Waals surface area contributed by atoms with E-state index >= 15 is 0 Å². The maximum absolute atomic E-state index is 13.2. The average Bonchev–Trinajstić information content (AvgIpc) is 2.71. The molecule has 29 heavy (non-hydrogen) atoms. The van der Waals surface area contributed by atoms with Crippen molar-refractivity contribution in [1.29, 1.82) is 0 Å². The van der Waals surface area contributed by atoms with Gasteiger partial charge in [0.15, 0.2) is 0 Å². The zero-order valence-electron chi connectivity index (χ0n) is 16.1. The molecule has 150 valence electrons. The summed E-state index contributed by atoms with van der Waals surface area (Å²) < 4.78 is 13.2. The van der Waals surface area contributed by atoms with Gasteiger partial charge in [0.25, 0.3) is 0 Å². The van der Waals surface area contributed by atoms with Crippen LogP contribution in [0, 0.1) is 5.82 Å². The number of benzene rings is 2. The third-order valence-electron chi connectivity index (χ3n) is 5.78. The lowest BCUT2D eigenvalue weighted by Gasteiger charge is -2.39. The molecule has 2 aliphatic rings. The van der Waals surface area contributed by atoms with Crippen molar-refractivity contribution in [3.8, 4) is 5.75 Å². The topological polar surface area (TPSA) is 60.8 Å². The highest BCUT2D eigenvalue weighted by Gasteiger charge is 2.37. The van der Waals surface area contributed by atoms with E-state index in [9.17, 15) is 19.4 Å². The number of carbonyl (C=O) groups is 1. The summed E-state index contributed by atoms with van der Waals surface area (Å²) in [5, 5.41) is 20.3. The number of halogens is 1. The zero-order valence-corrected chi connectivity index (χ0v) is 16.1. The number of hydrogen-bond donors (Lipinski definition) is 2. The van der Waals surface area contributed by atoms with E-state index in [1.54, 1.807) is 42.5 Å². The van der Waals surface area contributed by atoms with Crippen LogP contribution < -0.4 is 0 Å². The van der Waals surface area contributed by atoms with E-state index in [2.05, 4.69) is 0 Å². The summed E-state index contributed by atoms with van der Waals surface area (Å²) in [6, 6.07) is 12.8. The van der Waals surface area contributed by atoms with Gasteiger partial charge in [-0.3, -0.25) is 4.79 Å². The van der Waals surface area contributed by atoms with Crippen LogP contribution in [0.2, 0.25) is 0 Å². The fraction of sp³-hybridized carbons (Fsp3) is 0.292. The Morgan fingerprint density at radius 1 is 1.10 bits per heavy atom. The van der Waals surface area contributed by atoms with Gasteiger partial charge < -0.3 is 15.1 Å². The van der Waals surface area contributed by atoms with Crippen molar-refractivity contribution >= 4 is 5.91 Å². The molecule has 2 N–H and O–H groups in total. The highest BCUT2D eigenvalue weighted by Crippen LogP contribution is 2.35. The molecule has 2 aromatic carbocycles. The first-order valence-electron chi connectivity index (χ1n) is 9.88. The van der Waals surface area contributed by atoms with Crippen molar-refractivity contribution in [2.45, 2.75) is 30.8 Å². The van der Waals surface area contributed by atoms with Gasteiger partial charge in [-0.15, -0.1) is 0 Å². The maximum Gasteiger partial charge on any atom is 0.231 e. The minimum absolute atomic E-state index is 0.115. The summed E-state index contributed by atoms with van der Waals surface area (Å²) >= 11 is 0. The second-order valence-corrected chi connectivity index (χ2v) is 7.82. The van der Waals surface area contributed by atoms with Crippen molar-refractivity contribution in [3.63, 3.8) is 0 Å². The molecule has 0 saturated carbocycles. The van der Waals surface area contributed by atoms with E-state index in [1.807, 2.05) is 17.1 Å². The number of phenols is 1. The van der Waals surface area contributed by atoms with Crippen molar-refractivity contribution < 1.29 is 19.4 Å². The molecule has 0 aromatic heterocycles. The lowest BCUT2D eigenvalue weighted by molar-refractivity contribution is -0.142. The standard InChI is InChI=1S/C24H24FNO3/c25-20-9-7-19(8-10-20)24(29)13-1-3-17(15-24)4-2-14-26-16-22(23(26)28)18-5-11-21(27)12-6-18/h1,3,5-13,22,27,29H,2,4,14-16H2. The Hall–Kier alpha value is -2.92. The van der Waals surface area contributed by atoms with Gasteiger partial charge in [-0.2, -0.15) is 0 Å². The Balaban J connectivity index is 1.27. The SMILES string of the molecule is O=C1C(c2ccc(O)cc2)CN1CCCC1=CC=CC(O)(c2ccc(F)cc2)C1. The van der Waals surface area contributed by atoms with Gasteiger partial charge in [0, 0.05) is 19.5 Å². The van der Waals surface area contributed by atoms with Gasteiger partial charge >= 0.3 is 0 Å². The van der Waals surface area contributed by atoms with Crippen molar-refractivity contribution in [2.75, 3.05) is 13.1 Å². The first-order chi connectivity index (χ1) is 13.9. The number of aliphatic hydroxyl groups is 1. The van der Waals surface area contributed by atoms with Gasteiger partial charge in [0.1, 0.15) is 17.2 Å². The molecule has 1 heterocycles. The number of phenolic OH excluding ortho intramolecular Hbond substituents is 1. The maximum atomic E-state index is 13.2. The highest BCUT2D eigenvalue weighted by atomic mass is 19.1. The fourth-order valence-electron chi connectivity index (χ4n) is 4.07. The Morgan fingerprint density at radius 2 is 1.83 bits per heavy atom. The number of rotatable bonds is 6. The summed E-state index contributed by atoms with van der Waals surface area (Å²) in [7, 11) is 0. The third kappa shape index (κ3) is 4.10. The molecular weight excluding hydrogens is 369 g/mol. The summed E-state index contributed by atoms with van der Waals surface area (Å²) in [5.74, 6) is -0.113. The Labute approximate surface area is 169 Å². The molecule has 1 amide bonds. The van der Waals surface area contributed by atoms with Gasteiger partial charge in [0.2, 0.25) is 5.91 Å². The summed E-state index contributed by atoms with van der Waals surface area (Å²) in [5.41, 5.74) is 1.61. The smallest absolute Gasteiger partial charge is 0.231 e. The third-order valence-corrected chi connectivity index (χ3v) is 5.78. The molecule has 4 rings (SSSR count). The largest absolute Gasteiger partial charge is 0.508 e. The molecule has 0 bridgehead atoms. The molecule has 5 heteroatoms. The average molecular weight is 393 g/mol. The molecule has 4 nitrogen and oxygen atoms in total. The molecule has 1 fully saturated rings. The number of carbonyl (C=O) groups excluding carboxylic acids is 1. The molecule has 0 spiro atoms. The molecule has 1 aliphatic heterocycles. The number of β-lactam (4-membered cyclic amide) rings is 1. The minimum atomic E-state index is -1.12.